The van der Waals surface area contributed by atoms with E-state index in [9.17, 15) is 9.59 Å². The molecule has 7 nitrogen and oxygen atoms in total. The first-order valence-corrected chi connectivity index (χ1v) is 8.76. The van der Waals surface area contributed by atoms with Crippen molar-refractivity contribution < 1.29 is 14.0 Å². The molecule has 0 aliphatic carbocycles. The molecule has 0 atom stereocenters. The molecule has 4 aromatic rings. The van der Waals surface area contributed by atoms with Gasteiger partial charge in [-0.2, -0.15) is 0 Å². The number of hydrogen-bond donors (Lipinski definition) is 2. The lowest BCUT2D eigenvalue weighted by Crippen LogP contribution is -2.32. The molecule has 0 saturated carbocycles. The lowest BCUT2D eigenvalue weighted by molar-refractivity contribution is -0.115. The maximum Gasteiger partial charge on any atom is 0.255 e. The van der Waals surface area contributed by atoms with E-state index in [1.54, 1.807) is 19.3 Å². The molecule has 0 radical (unpaired) electrons. The number of nitrogens with one attached hydrogen (secondary N) is 2. The third-order valence-electron chi connectivity index (χ3n) is 4.40. The Morgan fingerprint density at radius 1 is 1.07 bits per heavy atom. The van der Waals surface area contributed by atoms with Gasteiger partial charge in [0.25, 0.3) is 5.91 Å². The van der Waals surface area contributed by atoms with Crippen molar-refractivity contribution in [1.29, 1.82) is 0 Å². The number of hydrogen-bond acceptors (Lipinski definition) is 4. The number of aryl methyl sites for hydroxylation is 1. The van der Waals surface area contributed by atoms with E-state index in [1.807, 2.05) is 53.1 Å². The van der Waals surface area contributed by atoms with Crippen molar-refractivity contribution in [1.82, 2.24) is 14.9 Å². The standard InChI is InChI=1S/C21H18N4O3/c1-14-17(10-11-28-14)21(27)22-12-20(26)24-15-6-8-16(9-7-15)25-13-23-18-4-2-3-5-19(18)25/h2-11,13H,12H2,1H3,(H,22,27)(H,24,26). The fourth-order valence-corrected chi connectivity index (χ4v) is 2.95. The van der Waals surface area contributed by atoms with Gasteiger partial charge in [-0.3, -0.25) is 14.2 Å². The molecule has 0 fully saturated rings. The average Bonchev–Trinajstić information content (AvgIpc) is 3.33. The van der Waals surface area contributed by atoms with Gasteiger partial charge >= 0.3 is 0 Å². The average molecular weight is 374 g/mol. The van der Waals surface area contributed by atoms with Crippen molar-refractivity contribution in [3.8, 4) is 5.69 Å². The van der Waals surface area contributed by atoms with Crippen LogP contribution in [-0.2, 0) is 4.79 Å². The summed E-state index contributed by atoms with van der Waals surface area (Å²) in [6.45, 7) is 1.57. The van der Waals surface area contributed by atoms with Crippen LogP contribution in [-0.4, -0.2) is 27.9 Å². The number of amides is 2. The number of aromatic nitrogens is 2. The van der Waals surface area contributed by atoms with Crippen LogP contribution >= 0.6 is 0 Å². The first kappa shape index (κ1) is 17.5. The Morgan fingerprint density at radius 2 is 1.86 bits per heavy atom. The summed E-state index contributed by atoms with van der Waals surface area (Å²) in [5.74, 6) is -0.139. The summed E-state index contributed by atoms with van der Waals surface area (Å²) in [7, 11) is 0. The monoisotopic (exact) mass is 374 g/mol. The molecule has 0 unspecified atom stereocenters. The molecule has 4 rings (SSSR count). The maximum atomic E-state index is 12.1. The minimum Gasteiger partial charge on any atom is -0.469 e. The number of carbonyl (C=O) groups excluding carboxylic acids is 2. The molecule has 2 aromatic carbocycles. The zero-order valence-electron chi connectivity index (χ0n) is 15.2. The van der Waals surface area contributed by atoms with Crippen LogP contribution in [0.5, 0.6) is 0 Å². The van der Waals surface area contributed by atoms with E-state index in [4.69, 9.17) is 4.42 Å². The second-order valence-corrected chi connectivity index (χ2v) is 6.27. The Labute approximate surface area is 161 Å². The summed E-state index contributed by atoms with van der Waals surface area (Å²) in [6.07, 6.45) is 3.21. The van der Waals surface area contributed by atoms with Crippen LogP contribution in [0.3, 0.4) is 0 Å². The third-order valence-corrected chi connectivity index (χ3v) is 4.40. The normalized spacial score (nSPS) is 10.8. The number of fused-ring (bicyclic) bond motifs is 1. The molecule has 7 heteroatoms. The highest BCUT2D eigenvalue weighted by Gasteiger charge is 2.12. The van der Waals surface area contributed by atoms with E-state index in [-0.39, 0.29) is 18.4 Å². The summed E-state index contributed by atoms with van der Waals surface area (Å²) < 4.78 is 7.07. The minimum absolute atomic E-state index is 0.128. The smallest absolute Gasteiger partial charge is 0.255 e. The van der Waals surface area contributed by atoms with Gasteiger partial charge in [0.1, 0.15) is 12.1 Å². The van der Waals surface area contributed by atoms with Crippen LogP contribution in [0.15, 0.2) is 71.6 Å². The van der Waals surface area contributed by atoms with E-state index in [1.165, 1.54) is 6.26 Å². The van der Waals surface area contributed by atoms with E-state index in [0.29, 0.717) is 17.0 Å². The first-order valence-electron chi connectivity index (χ1n) is 8.76. The highest BCUT2D eigenvalue weighted by Crippen LogP contribution is 2.19. The molecule has 0 aliphatic rings. The van der Waals surface area contributed by atoms with Crippen LogP contribution in [0.4, 0.5) is 5.69 Å². The maximum absolute atomic E-state index is 12.1. The van der Waals surface area contributed by atoms with Crippen molar-refractivity contribution in [2.45, 2.75) is 6.92 Å². The molecule has 0 bridgehead atoms. The highest BCUT2D eigenvalue weighted by molar-refractivity contribution is 5.99. The van der Waals surface area contributed by atoms with Gasteiger partial charge in [0.2, 0.25) is 5.91 Å². The summed E-state index contributed by atoms with van der Waals surface area (Å²) in [5.41, 5.74) is 3.94. The molecule has 0 spiro atoms. The predicted octanol–water partition coefficient (Wildman–Crippen LogP) is 3.30. The molecule has 2 N–H and O–H groups in total. The van der Waals surface area contributed by atoms with Crippen LogP contribution in [0, 0.1) is 6.92 Å². The van der Waals surface area contributed by atoms with E-state index >= 15 is 0 Å². The van der Waals surface area contributed by atoms with Crippen molar-refractivity contribution in [2.24, 2.45) is 0 Å². The van der Waals surface area contributed by atoms with Gasteiger partial charge in [-0.25, -0.2) is 4.98 Å². The van der Waals surface area contributed by atoms with Crippen LogP contribution in [0.1, 0.15) is 16.1 Å². The number of imidazole rings is 1. The quantitative estimate of drug-likeness (QED) is 0.561. The molecule has 0 aliphatic heterocycles. The van der Waals surface area contributed by atoms with E-state index in [2.05, 4.69) is 15.6 Å². The Balaban J connectivity index is 1.38. The second kappa shape index (κ2) is 7.40. The Hall–Kier alpha value is -3.87. The zero-order valence-corrected chi connectivity index (χ0v) is 15.2. The third kappa shape index (κ3) is 3.50. The Kier molecular flexibility index (Phi) is 4.63. The topological polar surface area (TPSA) is 89.2 Å². The molecular formula is C21H18N4O3. The Bertz CT molecular complexity index is 1140. The summed E-state index contributed by atoms with van der Waals surface area (Å²) in [5, 5.41) is 5.34. The van der Waals surface area contributed by atoms with Crippen LogP contribution in [0.25, 0.3) is 16.7 Å². The van der Waals surface area contributed by atoms with Gasteiger partial charge in [0.05, 0.1) is 29.4 Å². The van der Waals surface area contributed by atoms with Gasteiger partial charge in [-0.15, -0.1) is 0 Å². The van der Waals surface area contributed by atoms with Gasteiger partial charge in [0, 0.05) is 11.4 Å². The molecular weight excluding hydrogens is 356 g/mol. The largest absolute Gasteiger partial charge is 0.469 e. The van der Waals surface area contributed by atoms with Gasteiger partial charge in [-0.1, -0.05) is 12.1 Å². The van der Waals surface area contributed by atoms with Gasteiger partial charge in [-0.05, 0) is 49.4 Å². The number of nitrogens with zero attached hydrogens (tertiary/aromatic N) is 2. The fraction of sp³-hybridized carbons (Fsp3) is 0.0952. The Morgan fingerprint density at radius 3 is 2.61 bits per heavy atom. The van der Waals surface area contributed by atoms with Gasteiger partial charge < -0.3 is 15.1 Å². The van der Waals surface area contributed by atoms with Crippen molar-refractivity contribution in [3.05, 3.63) is 78.5 Å². The molecule has 2 amide bonds. The highest BCUT2D eigenvalue weighted by atomic mass is 16.3. The number of furan rings is 1. The first-order chi connectivity index (χ1) is 13.6. The number of para-hydroxylation sites is 2. The number of rotatable bonds is 5. The van der Waals surface area contributed by atoms with Crippen molar-refractivity contribution in [3.63, 3.8) is 0 Å². The number of benzene rings is 2. The molecule has 28 heavy (non-hydrogen) atoms. The van der Waals surface area contributed by atoms with Crippen LogP contribution in [0.2, 0.25) is 0 Å². The lowest BCUT2D eigenvalue weighted by Gasteiger charge is -2.09. The van der Waals surface area contributed by atoms with Crippen LogP contribution < -0.4 is 10.6 Å². The second-order valence-electron chi connectivity index (χ2n) is 6.27. The van der Waals surface area contributed by atoms with Crippen molar-refractivity contribution in [2.75, 3.05) is 11.9 Å². The molecule has 140 valence electrons. The summed E-state index contributed by atoms with van der Waals surface area (Å²) in [6, 6.07) is 16.9. The van der Waals surface area contributed by atoms with Crippen molar-refractivity contribution >= 4 is 28.5 Å². The van der Waals surface area contributed by atoms with E-state index < -0.39 is 0 Å². The lowest BCUT2D eigenvalue weighted by atomic mass is 10.2. The fourth-order valence-electron chi connectivity index (χ4n) is 2.95. The molecule has 2 aromatic heterocycles. The minimum atomic E-state index is -0.344. The summed E-state index contributed by atoms with van der Waals surface area (Å²) >= 11 is 0. The zero-order chi connectivity index (χ0) is 19.5. The molecule has 2 heterocycles. The summed E-state index contributed by atoms with van der Waals surface area (Å²) in [4.78, 5) is 28.5. The SMILES string of the molecule is Cc1occc1C(=O)NCC(=O)Nc1ccc(-n2cnc3ccccc32)cc1. The molecule has 0 saturated heterocycles. The number of carbonyl (C=O) groups is 2. The van der Waals surface area contributed by atoms with E-state index in [0.717, 1.165) is 16.7 Å². The number of anilines is 1. The van der Waals surface area contributed by atoms with Gasteiger partial charge in [0.15, 0.2) is 0 Å². The predicted molar refractivity (Wildman–Crippen MR) is 105 cm³/mol.